The van der Waals surface area contributed by atoms with E-state index in [9.17, 15) is 0 Å². The third kappa shape index (κ3) is 20.2. The second kappa shape index (κ2) is 19.5. The van der Waals surface area contributed by atoms with Gasteiger partial charge in [-0.05, 0) is 45.4 Å². The lowest BCUT2D eigenvalue weighted by atomic mass is 10.1. The van der Waals surface area contributed by atoms with Crippen LogP contribution >= 0.6 is 0 Å². The van der Waals surface area contributed by atoms with Crippen LogP contribution in [0.5, 0.6) is 0 Å². The van der Waals surface area contributed by atoms with Crippen LogP contribution in [0.3, 0.4) is 0 Å². The first-order chi connectivity index (χ1) is 11.1. The lowest BCUT2D eigenvalue weighted by Crippen LogP contribution is -3.00. The predicted octanol–water partition coefficient (Wildman–Crippen LogP) is 4.12. The molecule has 0 aromatic rings. The number of unbranched alkanes of at least 4 members (excludes halogenated alkanes) is 12. The molecule has 24 heavy (non-hydrogen) atoms. The molecule has 0 aliphatic rings. The van der Waals surface area contributed by atoms with Gasteiger partial charge in [0.2, 0.25) is 0 Å². The molecule has 0 aliphatic heterocycles. The number of halogens is 1. The van der Waals surface area contributed by atoms with Gasteiger partial charge in [0.1, 0.15) is 0 Å². The minimum absolute atomic E-state index is 0. The van der Waals surface area contributed by atoms with Crippen molar-refractivity contribution in [3.63, 3.8) is 0 Å². The monoisotopic (exact) mass is 403 g/mol. The van der Waals surface area contributed by atoms with E-state index in [1.165, 1.54) is 107 Å². The molecule has 0 aromatic carbocycles. The Kier molecular flexibility index (Phi) is 21.5. The average molecular weight is 405 g/mol. The van der Waals surface area contributed by atoms with Gasteiger partial charge in [-0.15, -0.1) is 0 Å². The number of rotatable bonds is 17. The number of nitrogens with zero attached hydrogens (tertiary/aromatic N) is 1. The van der Waals surface area contributed by atoms with Crippen LogP contribution in [0.4, 0.5) is 0 Å². The molecule has 2 heteroatoms. The molecule has 0 rings (SSSR count). The lowest BCUT2D eigenvalue weighted by molar-refractivity contribution is -0.888. The van der Waals surface area contributed by atoms with Crippen LogP contribution in [-0.4, -0.2) is 31.7 Å². The molecule has 0 atom stereocenters. The second-order valence-corrected chi connectivity index (χ2v) is 7.91. The van der Waals surface area contributed by atoms with Gasteiger partial charge >= 0.3 is 0 Å². The highest BCUT2D eigenvalue weighted by Gasteiger charge is 2.09. The Morgan fingerprint density at radius 3 is 1.46 bits per heavy atom. The summed E-state index contributed by atoms with van der Waals surface area (Å²) in [5.41, 5.74) is 0. The van der Waals surface area contributed by atoms with Crippen LogP contribution in [0.2, 0.25) is 0 Å². The Labute approximate surface area is 164 Å². The minimum atomic E-state index is 0. The molecular formula is C22H46BrN. The largest absolute Gasteiger partial charge is 1.00 e. The van der Waals surface area contributed by atoms with Crippen molar-refractivity contribution in [1.29, 1.82) is 0 Å². The highest BCUT2D eigenvalue weighted by atomic mass is 79.9. The molecule has 0 bridgehead atoms. The Bertz CT molecular complexity index is 261. The zero-order valence-corrected chi connectivity index (χ0v) is 18.9. The maximum atomic E-state index is 2.42. The molecule has 0 saturated carbocycles. The molecule has 0 fully saturated rings. The van der Waals surface area contributed by atoms with E-state index in [0.717, 1.165) is 0 Å². The van der Waals surface area contributed by atoms with Gasteiger partial charge in [0.05, 0.1) is 27.2 Å². The van der Waals surface area contributed by atoms with Crippen molar-refractivity contribution in [2.45, 2.75) is 104 Å². The summed E-state index contributed by atoms with van der Waals surface area (Å²) < 4.78 is 1.18. The van der Waals surface area contributed by atoms with E-state index < -0.39 is 0 Å². The van der Waals surface area contributed by atoms with Gasteiger partial charge < -0.3 is 21.5 Å². The maximum Gasteiger partial charge on any atom is 0.0782 e. The summed E-state index contributed by atoms with van der Waals surface area (Å²) in [7, 11) is 4.69. The van der Waals surface area contributed by atoms with Crippen LogP contribution in [0.15, 0.2) is 12.2 Å². The third-order valence-electron chi connectivity index (χ3n) is 5.13. The lowest BCUT2D eigenvalue weighted by Gasteiger charge is -2.28. The molecule has 0 radical (unpaired) electrons. The summed E-state index contributed by atoms with van der Waals surface area (Å²) in [4.78, 5) is 0. The van der Waals surface area contributed by atoms with Crippen LogP contribution in [0.25, 0.3) is 0 Å². The molecule has 0 saturated heterocycles. The second-order valence-electron chi connectivity index (χ2n) is 7.91. The van der Waals surface area contributed by atoms with Crippen LogP contribution in [-0.2, 0) is 0 Å². The quantitative estimate of drug-likeness (QED) is 0.194. The summed E-state index contributed by atoms with van der Waals surface area (Å²) in [5.74, 6) is 0. The Morgan fingerprint density at radius 2 is 1.00 bits per heavy atom. The van der Waals surface area contributed by atoms with Crippen molar-refractivity contribution < 1.29 is 21.5 Å². The van der Waals surface area contributed by atoms with Crippen molar-refractivity contribution >= 4 is 0 Å². The summed E-state index contributed by atoms with van der Waals surface area (Å²) in [6, 6.07) is 0. The number of hydrogen-bond acceptors (Lipinski definition) is 0. The standard InChI is InChI=1S/C22H46N.BrH/c1-5-7-8-9-10-11-12-13-14-15-16-17-18-19-20-21-22-23(3,4)6-2;/h13-14H,5-12,15-22H2,1-4H3;1H/q+1;/p-1/b14-13-;. The van der Waals surface area contributed by atoms with Crippen LogP contribution < -0.4 is 17.0 Å². The molecule has 0 heterocycles. The van der Waals surface area contributed by atoms with Crippen molar-refractivity contribution in [2.24, 2.45) is 0 Å². The molecule has 0 spiro atoms. The van der Waals surface area contributed by atoms with Crippen molar-refractivity contribution in [2.75, 3.05) is 27.2 Å². The zero-order chi connectivity index (χ0) is 17.2. The van der Waals surface area contributed by atoms with Crippen molar-refractivity contribution in [3.8, 4) is 0 Å². The van der Waals surface area contributed by atoms with E-state index in [2.05, 4.69) is 40.1 Å². The average Bonchev–Trinajstić information content (AvgIpc) is 2.54. The molecule has 0 amide bonds. The summed E-state index contributed by atoms with van der Waals surface area (Å²) in [6.07, 6.45) is 24.4. The van der Waals surface area contributed by atoms with E-state index in [0.29, 0.717) is 0 Å². The fraction of sp³-hybridized carbons (Fsp3) is 0.909. The van der Waals surface area contributed by atoms with Gasteiger partial charge in [-0.1, -0.05) is 70.4 Å². The highest BCUT2D eigenvalue weighted by molar-refractivity contribution is 4.81. The molecular weight excluding hydrogens is 358 g/mol. The topological polar surface area (TPSA) is 0 Å². The first kappa shape index (κ1) is 26.4. The Balaban J connectivity index is 0. The maximum absolute atomic E-state index is 2.42. The van der Waals surface area contributed by atoms with Gasteiger partial charge in [-0.2, -0.15) is 0 Å². The number of quaternary nitrogens is 1. The fourth-order valence-corrected chi connectivity index (χ4v) is 2.95. The normalized spacial score (nSPS) is 11.8. The number of hydrogen-bond donors (Lipinski definition) is 0. The van der Waals surface area contributed by atoms with Crippen LogP contribution in [0.1, 0.15) is 104 Å². The van der Waals surface area contributed by atoms with Crippen molar-refractivity contribution in [1.82, 2.24) is 0 Å². The van der Waals surface area contributed by atoms with E-state index in [1.54, 1.807) is 0 Å². The molecule has 1 nitrogen and oxygen atoms in total. The third-order valence-corrected chi connectivity index (χ3v) is 5.13. The summed E-state index contributed by atoms with van der Waals surface area (Å²) in [6.45, 7) is 7.18. The summed E-state index contributed by atoms with van der Waals surface area (Å²) in [5, 5.41) is 0. The van der Waals surface area contributed by atoms with Gasteiger partial charge in [0, 0.05) is 0 Å². The molecule has 0 aliphatic carbocycles. The molecule has 0 N–H and O–H groups in total. The Morgan fingerprint density at radius 1 is 0.583 bits per heavy atom. The first-order valence-corrected chi connectivity index (χ1v) is 10.6. The van der Waals surface area contributed by atoms with Crippen molar-refractivity contribution in [3.05, 3.63) is 12.2 Å². The van der Waals surface area contributed by atoms with Gasteiger partial charge in [-0.3, -0.25) is 0 Å². The first-order valence-electron chi connectivity index (χ1n) is 10.6. The summed E-state index contributed by atoms with van der Waals surface area (Å²) >= 11 is 0. The highest BCUT2D eigenvalue weighted by Crippen LogP contribution is 2.10. The predicted molar refractivity (Wildman–Crippen MR) is 107 cm³/mol. The van der Waals surface area contributed by atoms with E-state index >= 15 is 0 Å². The van der Waals surface area contributed by atoms with Crippen LogP contribution in [0, 0.1) is 0 Å². The number of allylic oxidation sites excluding steroid dienone is 2. The van der Waals surface area contributed by atoms with Gasteiger partial charge in [0.25, 0.3) is 0 Å². The molecule has 0 aromatic heterocycles. The Hall–Kier alpha value is 0.180. The van der Waals surface area contributed by atoms with Gasteiger partial charge in [-0.25, -0.2) is 0 Å². The molecule has 146 valence electrons. The minimum Gasteiger partial charge on any atom is -1.00 e. The molecule has 0 unspecified atom stereocenters. The SMILES string of the molecule is CCCCCCCC/C=C\CCCCCCCC[N+](C)(C)CC.[Br-]. The van der Waals surface area contributed by atoms with Gasteiger partial charge in [0.15, 0.2) is 0 Å². The zero-order valence-electron chi connectivity index (χ0n) is 17.3. The fourth-order valence-electron chi connectivity index (χ4n) is 2.95. The van der Waals surface area contributed by atoms with E-state index in [-0.39, 0.29) is 17.0 Å². The van der Waals surface area contributed by atoms with E-state index in [1.807, 2.05) is 0 Å². The van der Waals surface area contributed by atoms with E-state index in [4.69, 9.17) is 0 Å². The smallest absolute Gasteiger partial charge is 0.0782 e.